The van der Waals surface area contributed by atoms with E-state index in [9.17, 15) is 28.0 Å². The van der Waals surface area contributed by atoms with Gasteiger partial charge in [0.2, 0.25) is 0 Å². The Bertz CT molecular complexity index is 893. The second-order valence-electron chi connectivity index (χ2n) is 5.80. The molecule has 7 nitrogen and oxygen atoms in total. The Morgan fingerprint density at radius 2 is 1.96 bits per heavy atom. The first-order valence-corrected chi connectivity index (χ1v) is 7.33. The number of hydrogen-bond donors (Lipinski definition) is 2. The van der Waals surface area contributed by atoms with Crippen LogP contribution in [0.2, 0.25) is 0 Å². The van der Waals surface area contributed by atoms with Crippen LogP contribution in [-0.4, -0.2) is 27.8 Å². The summed E-state index contributed by atoms with van der Waals surface area (Å²) in [7, 11) is 1.52. The van der Waals surface area contributed by atoms with E-state index in [0.717, 1.165) is 24.3 Å². The van der Waals surface area contributed by atoms with Crippen molar-refractivity contribution in [2.45, 2.75) is 18.6 Å². The fourth-order valence-corrected chi connectivity index (χ4v) is 2.05. The molecule has 2 N–H and O–H groups in total. The number of amides is 1. The van der Waals surface area contributed by atoms with Gasteiger partial charge in [0.1, 0.15) is 17.9 Å². The van der Waals surface area contributed by atoms with Gasteiger partial charge in [0, 0.05) is 13.2 Å². The molecule has 0 fully saturated rings. The Balaban J connectivity index is 2.06. The third kappa shape index (κ3) is 4.44. The summed E-state index contributed by atoms with van der Waals surface area (Å²) in [5.74, 6) is -0.668. The summed E-state index contributed by atoms with van der Waals surface area (Å²) in [4.78, 5) is 23.7. The number of rotatable bonds is 5. The van der Waals surface area contributed by atoms with Crippen LogP contribution in [0.5, 0.6) is 5.75 Å². The van der Waals surface area contributed by atoms with Gasteiger partial charge in [0.25, 0.3) is 11.5 Å². The number of ether oxygens (including phenoxy) is 1. The highest BCUT2D eigenvalue weighted by Gasteiger charge is 2.31. The number of halogens is 3. The van der Waals surface area contributed by atoms with Crippen molar-refractivity contribution in [2.24, 2.45) is 7.05 Å². The molecule has 1 heterocycles. The molecule has 0 radical (unpaired) electrons. The number of aryl methyl sites for hydroxylation is 1. The van der Waals surface area contributed by atoms with Gasteiger partial charge in [0.15, 0.2) is 5.54 Å². The summed E-state index contributed by atoms with van der Waals surface area (Å²) in [5.41, 5.74) is -3.12. The molecule has 0 saturated heterocycles. The van der Waals surface area contributed by atoms with E-state index in [1.807, 2.05) is 6.07 Å². The molecular weight excluding hydrogens is 353 g/mol. The number of carbonyl (C=O) groups excluding carboxylic acids is 1. The van der Waals surface area contributed by atoms with Crippen molar-refractivity contribution in [1.82, 2.24) is 15.1 Å². The number of alkyl halides is 3. The predicted molar refractivity (Wildman–Crippen MR) is 84.5 cm³/mol. The normalized spacial score (nSPS) is 13.5. The van der Waals surface area contributed by atoms with E-state index in [0.29, 0.717) is 0 Å². The number of benzene rings is 1. The molecule has 138 valence electrons. The Labute approximate surface area is 146 Å². The van der Waals surface area contributed by atoms with Crippen molar-refractivity contribution >= 4 is 5.91 Å². The zero-order valence-electron chi connectivity index (χ0n) is 13.8. The molecule has 10 heteroatoms. The maximum atomic E-state index is 12.5. The number of nitrogens with one attached hydrogen (secondary N) is 2. The first-order chi connectivity index (χ1) is 12.0. The highest BCUT2D eigenvalue weighted by Crippen LogP contribution is 2.30. The van der Waals surface area contributed by atoms with Crippen LogP contribution in [0.25, 0.3) is 0 Å². The summed E-state index contributed by atoms with van der Waals surface area (Å²) in [6.45, 7) is 1.04. The van der Waals surface area contributed by atoms with E-state index in [1.165, 1.54) is 24.9 Å². The molecule has 1 amide bonds. The molecule has 1 aromatic heterocycles. The lowest BCUT2D eigenvalue weighted by atomic mass is 10.1. The molecule has 1 atom stereocenters. The first-order valence-electron chi connectivity index (χ1n) is 7.33. The summed E-state index contributed by atoms with van der Waals surface area (Å²) >= 11 is 0. The summed E-state index contributed by atoms with van der Waals surface area (Å²) in [6, 6.07) is 5.78. The third-order valence-electron chi connectivity index (χ3n) is 3.44. The molecule has 0 saturated carbocycles. The average molecular weight is 368 g/mol. The lowest BCUT2D eigenvalue weighted by Gasteiger charge is -2.23. The summed E-state index contributed by atoms with van der Waals surface area (Å²) in [6.07, 6.45) is -3.19. The van der Waals surface area contributed by atoms with E-state index < -0.39 is 28.7 Å². The zero-order chi connectivity index (χ0) is 19.5. The van der Waals surface area contributed by atoms with Crippen LogP contribution in [0, 0.1) is 11.3 Å². The number of aromatic amines is 1. The Kier molecular flexibility index (Phi) is 5.11. The Hall–Kier alpha value is -3.22. The molecule has 1 aromatic carbocycles. The van der Waals surface area contributed by atoms with Gasteiger partial charge in [-0.15, -0.1) is 0 Å². The van der Waals surface area contributed by atoms with Crippen LogP contribution < -0.4 is 15.6 Å². The van der Waals surface area contributed by atoms with Crippen molar-refractivity contribution < 1.29 is 22.7 Å². The van der Waals surface area contributed by atoms with E-state index in [-0.39, 0.29) is 17.9 Å². The molecule has 0 aliphatic carbocycles. The standard InChI is InChI=1S/C16H15F3N4O3/c1-15(8-20,21-13(24)12-7-23(2)22-14(12)25)9-26-11-5-3-10(4-6-11)16(17,18)19/h3-7H,9H2,1-2H3,(H,21,24)(H,22,25). The number of aromatic nitrogens is 2. The van der Waals surface area contributed by atoms with Crippen LogP contribution in [0.3, 0.4) is 0 Å². The minimum absolute atomic E-state index is 0.103. The van der Waals surface area contributed by atoms with Crippen LogP contribution in [-0.2, 0) is 13.2 Å². The SMILES string of the molecule is Cn1cc(C(=O)NC(C)(C#N)COc2ccc(C(F)(F)F)cc2)c(=O)[nH]1. The molecule has 0 spiro atoms. The summed E-state index contributed by atoms with van der Waals surface area (Å²) in [5, 5.41) is 14.0. The quantitative estimate of drug-likeness (QED) is 0.841. The van der Waals surface area contributed by atoms with Gasteiger partial charge >= 0.3 is 6.18 Å². The molecule has 26 heavy (non-hydrogen) atoms. The minimum Gasteiger partial charge on any atom is -0.490 e. The largest absolute Gasteiger partial charge is 0.490 e. The van der Waals surface area contributed by atoms with Crippen LogP contribution in [0.15, 0.2) is 35.3 Å². The van der Waals surface area contributed by atoms with E-state index >= 15 is 0 Å². The van der Waals surface area contributed by atoms with Crippen LogP contribution in [0.1, 0.15) is 22.8 Å². The van der Waals surface area contributed by atoms with Crippen molar-refractivity contribution in [2.75, 3.05) is 6.61 Å². The topological polar surface area (TPSA) is 99.9 Å². The molecule has 0 aliphatic heterocycles. The van der Waals surface area contributed by atoms with Gasteiger partial charge in [-0.25, -0.2) is 0 Å². The van der Waals surface area contributed by atoms with Gasteiger partial charge < -0.3 is 10.1 Å². The number of H-pyrrole nitrogens is 1. The van der Waals surface area contributed by atoms with Crippen molar-refractivity contribution in [1.29, 1.82) is 5.26 Å². The molecule has 2 aromatic rings. The maximum Gasteiger partial charge on any atom is 0.416 e. The Morgan fingerprint density at radius 1 is 1.35 bits per heavy atom. The van der Waals surface area contributed by atoms with Crippen molar-refractivity contribution in [3.8, 4) is 11.8 Å². The third-order valence-corrected chi connectivity index (χ3v) is 3.44. The smallest absolute Gasteiger partial charge is 0.416 e. The number of nitriles is 1. The zero-order valence-corrected chi connectivity index (χ0v) is 13.8. The number of hydrogen-bond acceptors (Lipinski definition) is 4. The fraction of sp³-hybridized carbons (Fsp3) is 0.312. The molecule has 2 rings (SSSR count). The lowest BCUT2D eigenvalue weighted by molar-refractivity contribution is -0.137. The predicted octanol–water partition coefficient (Wildman–Crippen LogP) is 1.82. The number of nitrogens with zero attached hydrogens (tertiary/aromatic N) is 2. The first kappa shape index (κ1) is 19.1. The monoisotopic (exact) mass is 368 g/mol. The molecule has 0 bridgehead atoms. The second-order valence-corrected chi connectivity index (χ2v) is 5.80. The molecule has 1 unspecified atom stereocenters. The van der Waals surface area contributed by atoms with Gasteiger partial charge in [-0.3, -0.25) is 19.4 Å². The van der Waals surface area contributed by atoms with E-state index in [2.05, 4.69) is 10.4 Å². The average Bonchev–Trinajstić information content (AvgIpc) is 2.91. The minimum atomic E-state index is -4.46. The highest BCUT2D eigenvalue weighted by atomic mass is 19.4. The van der Waals surface area contributed by atoms with Crippen LogP contribution >= 0.6 is 0 Å². The van der Waals surface area contributed by atoms with Gasteiger partial charge in [-0.1, -0.05) is 0 Å². The fourth-order valence-electron chi connectivity index (χ4n) is 2.05. The lowest BCUT2D eigenvalue weighted by Crippen LogP contribution is -2.50. The van der Waals surface area contributed by atoms with Gasteiger partial charge in [-0.05, 0) is 31.2 Å². The van der Waals surface area contributed by atoms with Crippen molar-refractivity contribution in [3.63, 3.8) is 0 Å². The maximum absolute atomic E-state index is 12.5. The second kappa shape index (κ2) is 6.95. The summed E-state index contributed by atoms with van der Waals surface area (Å²) < 4.78 is 44.2. The number of carbonyl (C=O) groups is 1. The molecular formula is C16H15F3N4O3. The van der Waals surface area contributed by atoms with E-state index in [1.54, 1.807) is 0 Å². The van der Waals surface area contributed by atoms with Gasteiger partial charge in [0.05, 0.1) is 11.6 Å². The molecule has 0 aliphatic rings. The van der Waals surface area contributed by atoms with Crippen molar-refractivity contribution in [3.05, 3.63) is 51.9 Å². The Morgan fingerprint density at radius 3 is 2.42 bits per heavy atom. The van der Waals surface area contributed by atoms with Crippen LogP contribution in [0.4, 0.5) is 13.2 Å². The van der Waals surface area contributed by atoms with E-state index in [4.69, 9.17) is 4.74 Å². The van der Waals surface area contributed by atoms with Gasteiger partial charge in [-0.2, -0.15) is 18.4 Å². The highest BCUT2D eigenvalue weighted by molar-refractivity contribution is 5.94.